The molecule has 2 atom stereocenters. The van der Waals surface area contributed by atoms with Crippen LogP contribution in [0, 0.1) is 6.92 Å². The summed E-state index contributed by atoms with van der Waals surface area (Å²) < 4.78 is 7.51. The number of piperidine rings is 1. The third kappa shape index (κ3) is 5.00. The topological polar surface area (TPSA) is 55.2 Å². The fourth-order valence-electron chi connectivity index (χ4n) is 4.26. The molecule has 0 radical (unpaired) electrons. The molecule has 0 bridgehead atoms. The number of aryl methyl sites for hydroxylation is 2. The van der Waals surface area contributed by atoms with Crippen molar-refractivity contribution in [3.63, 3.8) is 0 Å². The minimum absolute atomic E-state index is 0.275. The quantitative estimate of drug-likeness (QED) is 0.614. The number of para-hydroxylation sites is 2. The summed E-state index contributed by atoms with van der Waals surface area (Å²) in [4.78, 5) is 6.52. The zero-order valence-electron chi connectivity index (χ0n) is 17.9. The van der Waals surface area contributed by atoms with E-state index in [1.54, 1.807) is 19.8 Å². The van der Waals surface area contributed by atoms with Crippen LogP contribution in [0.5, 0.6) is 5.75 Å². The van der Waals surface area contributed by atoms with Gasteiger partial charge in [0.2, 0.25) is 0 Å². The highest BCUT2D eigenvalue weighted by Gasteiger charge is 2.25. The summed E-state index contributed by atoms with van der Waals surface area (Å²) >= 11 is 0. The van der Waals surface area contributed by atoms with Crippen LogP contribution in [0.4, 0.5) is 5.69 Å². The van der Waals surface area contributed by atoms with Crippen molar-refractivity contribution in [1.82, 2.24) is 20.1 Å². The van der Waals surface area contributed by atoms with Gasteiger partial charge in [-0.3, -0.25) is 4.68 Å². The van der Waals surface area contributed by atoms with E-state index in [2.05, 4.69) is 63.6 Å². The molecule has 0 aliphatic carbocycles. The minimum atomic E-state index is 0.275. The second-order valence-corrected chi connectivity index (χ2v) is 8.03. The number of nitrogens with one attached hydrogen (secondary N) is 1. The first kappa shape index (κ1) is 20.4. The largest absolute Gasteiger partial charge is 0.495 e. The molecule has 1 aliphatic heterocycles. The maximum Gasteiger partial charge on any atom is 0.142 e. The van der Waals surface area contributed by atoms with E-state index in [0.29, 0.717) is 6.04 Å². The van der Waals surface area contributed by atoms with Crippen molar-refractivity contribution < 1.29 is 4.74 Å². The number of aromatic nitrogens is 3. The van der Waals surface area contributed by atoms with Gasteiger partial charge in [0, 0.05) is 31.7 Å². The fraction of sp³-hybridized carbons (Fsp3) is 0.417. The Morgan fingerprint density at radius 3 is 2.77 bits per heavy atom. The lowest BCUT2D eigenvalue weighted by molar-refractivity contribution is 0.349. The Labute approximate surface area is 178 Å². The molecule has 0 unspecified atom stereocenters. The van der Waals surface area contributed by atoms with E-state index in [1.807, 2.05) is 16.8 Å². The highest BCUT2D eigenvalue weighted by molar-refractivity contribution is 5.58. The first-order valence-corrected chi connectivity index (χ1v) is 10.8. The van der Waals surface area contributed by atoms with Crippen molar-refractivity contribution in [2.45, 2.75) is 44.8 Å². The van der Waals surface area contributed by atoms with Crippen molar-refractivity contribution in [2.24, 2.45) is 0 Å². The molecule has 2 aromatic carbocycles. The van der Waals surface area contributed by atoms with Gasteiger partial charge in [-0.2, -0.15) is 5.10 Å². The molecule has 3 aromatic rings. The number of benzene rings is 2. The molecule has 1 aromatic heterocycles. The highest BCUT2D eigenvalue weighted by atomic mass is 16.5. The van der Waals surface area contributed by atoms with Gasteiger partial charge in [-0.25, -0.2) is 4.98 Å². The summed E-state index contributed by atoms with van der Waals surface area (Å²) in [6.45, 7) is 5.02. The van der Waals surface area contributed by atoms with Crippen LogP contribution in [-0.4, -0.2) is 41.0 Å². The zero-order valence-corrected chi connectivity index (χ0v) is 17.9. The molecule has 158 valence electrons. The number of nitrogens with zero attached hydrogens (tertiary/aromatic N) is 4. The van der Waals surface area contributed by atoms with E-state index in [9.17, 15) is 0 Å². The Bertz CT molecular complexity index is 910. The van der Waals surface area contributed by atoms with E-state index >= 15 is 0 Å². The van der Waals surface area contributed by atoms with Gasteiger partial charge in [-0.15, -0.1) is 0 Å². The van der Waals surface area contributed by atoms with Gasteiger partial charge in [0.1, 0.15) is 18.4 Å². The van der Waals surface area contributed by atoms with Crippen LogP contribution in [-0.2, 0) is 6.54 Å². The van der Waals surface area contributed by atoms with Gasteiger partial charge < -0.3 is 15.0 Å². The maximum atomic E-state index is 5.60. The normalized spacial score (nSPS) is 17.7. The minimum Gasteiger partial charge on any atom is -0.495 e. The van der Waals surface area contributed by atoms with Crippen molar-refractivity contribution in [1.29, 1.82) is 0 Å². The molecule has 4 rings (SSSR count). The lowest BCUT2D eigenvalue weighted by atomic mass is 9.98. The summed E-state index contributed by atoms with van der Waals surface area (Å²) in [6.07, 6.45) is 6.70. The number of hydrogen-bond acceptors (Lipinski definition) is 5. The van der Waals surface area contributed by atoms with E-state index < -0.39 is 0 Å². The van der Waals surface area contributed by atoms with Crippen LogP contribution >= 0.6 is 0 Å². The van der Waals surface area contributed by atoms with Crippen LogP contribution in [0.15, 0.2) is 61.2 Å². The molecular weight excluding hydrogens is 374 g/mol. The van der Waals surface area contributed by atoms with Crippen LogP contribution < -0.4 is 15.0 Å². The maximum absolute atomic E-state index is 5.60. The fourth-order valence-corrected chi connectivity index (χ4v) is 4.26. The first-order valence-electron chi connectivity index (χ1n) is 10.8. The Balaban J connectivity index is 1.47. The van der Waals surface area contributed by atoms with Gasteiger partial charge in [0.15, 0.2) is 0 Å². The Kier molecular flexibility index (Phi) is 6.64. The molecule has 0 spiro atoms. The number of rotatable bonds is 8. The molecular formula is C24H31N5O. The van der Waals surface area contributed by atoms with Gasteiger partial charge >= 0.3 is 0 Å². The molecule has 1 N–H and O–H groups in total. The molecule has 30 heavy (non-hydrogen) atoms. The molecule has 1 fully saturated rings. The Morgan fingerprint density at radius 1 is 1.17 bits per heavy atom. The molecule has 6 heteroatoms. The number of ether oxygens (including phenoxy) is 1. The van der Waals surface area contributed by atoms with E-state index in [4.69, 9.17) is 4.74 Å². The van der Waals surface area contributed by atoms with Gasteiger partial charge in [-0.1, -0.05) is 42.0 Å². The summed E-state index contributed by atoms with van der Waals surface area (Å²) in [5.41, 5.74) is 3.80. The van der Waals surface area contributed by atoms with Gasteiger partial charge in [0.05, 0.1) is 12.8 Å². The van der Waals surface area contributed by atoms with Crippen LogP contribution in [0.2, 0.25) is 0 Å². The SMILES string of the molecule is COc1ccccc1N1CCC[C@@H](N[C@@H](CCn2cncn2)c2ccc(C)cc2)C1. The van der Waals surface area contributed by atoms with Gasteiger partial charge in [0.25, 0.3) is 0 Å². The first-order chi connectivity index (χ1) is 14.7. The average molecular weight is 406 g/mol. The molecule has 6 nitrogen and oxygen atoms in total. The van der Waals surface area contributed by atoms with Crippen molar-refractivity contribution >= 4 is 5.69 Å². The number of hydrogen-bond donors (Lipinski definition) is 1. The second-order valence-electron chi connectivity index (χ2n) is 8.03. The number of anilines is 1. The molecule has 0 amide bonds. The summed E-state index contributed by atoms with van der Waals surface area (Å²) in [6, 6.07) is 17.9. The van der Waals surface area contributed by atoms with Crippen molar-refractivity contribution in [2.75, 3.05) is 25.1 Å². The van der Waals surface area contributed by atoms with E-state index in [1.165, 1.54) is 29.7 Å². The van der Waals surface area contributed by atoms with Crippen LogP contribution in [0.3, 0.4) is 0 Å². The molecule has 0 saturated carbocycles. The third-order valence-corrected chi connectivity index (χ3v) is 5.88. The van der Waals surface area contributed by atoms with Crippen LogP contribution in [0.25, 0.3) is 0 Å². The Morgan fingerprint density at radius 2 is 2.00 bits per heavy atom. The molecule has 1 saturated heterocycles. The predicted octanol–water partition coefficient (Wildman–Crippen LogP) is 3.99. The summed E-state index contributed by atoms with van der Waals surface area (Å²) in [5.74, 6) is 0.944. The zero-order chi connectivity index (χ0) is 20.8. The van der Waals surface area contributed by atoms with Crippen molar-refractivity contribution in [3.05, 3.63) is 72.3 Å². The monoisotopic (exact) mass is 405 g/mol. The van der Waals surface area contributed by atoms with Gasteiger partial charge in [-0.05, 0) is 43.9 Å². The highest BCUT2D eigenvalue weighted by Crippen LogP contribution is 2.30. The van der Waals surface area contributed by atoms with Crippen LogP contribution in [0.1, 0.15) is 36.4 Å². The lowest BCUT2D eigenvalue weighted by Gasteiger charge is -2.37. The second kappa shape index (κ2) is 9.76. The smallest absolute Gasteiger partial charge is 0.142 e. The van der Waals surface area contributed by atoms with E-state index in [-0.39, 0.29) is 6.04 Å². The average Bonchev–Trinajstić information content (AvgIpc) is 3.31. The standard InChI is InChI=1S/C24H31N5O/c1-19-9-11-20(12-10-19)22(13-15-29-18-25-17-26-29)27-21-6-5-14-28(16-21)23-7-3-4-8-24(23)30-2/h3-4,7-12,17-18,21-22,27H,5-6,13-16H2,1-2H3/t21-,22+/m1/s1. The lowest BCUT2D eigenvalue weighted by Crippen LogP contribution is -2.47. The molecule has 2 heterocycles. The summed E-state index contributed by atoms with van der Waals surface area (Å²) in [7, 11) is 1.75. The summed E-state index contributed by atoms with van der Waals surface area (Å²) in [5, 5.41) is 8.22. The molecule has 1 aliphatic rings. The third-order valence-electron chi connectivity index (χ3n) is 5.88. The number of methoxy groups -OCH3 is 1. The Hall–Kier alpha value is -2.86. The van der Waals surface area contributed by atoms with E-state index in [0.717, 1.165) is 31.8 Å². The van der Waals surface area contributed by atoms with Crippen molar-refractivity contribution in [3.8, 4) is 5.75 Å². The predicted molar refractivity (Wildman–Crippen MR) is 120 cm³/mol.